The fourth-order valence-electron chi connectivity index (χ4n) is 4.83. The van der Waals surface area contributed by atoms with Crippen LogP contribution in [0.3, 0.4) is 0 Å². The number of fused-ring (bicyclic) bond motifs is 1. The molecule has 1 aliphatic heterocycles. The molecule has 0 bridgehead atoms. The standard InChI is InChI=1S/C30H28N2O4/c1-18-7-16-25-26(17-18)30(35)32(29(25)34)23-12-8-21(9-13-23)28(33)31-22-10-14-24(15-11-22)36-27-6-4-5-19(2)20(27)3/h4-15,25-26H,16-17H2,1-3H3,(H,31,33)/t25-,26+/m0/s1. The Morgan fingerprint density at radius 2 is 1.58 bits per heavy atom. The summed E-state index contributed by atoms with van der Waals surface area (Å²) in [5.41, 5.74) is 4.96. The summed E-state index contributed by atoms with van der Waals surface area (Å²) in [4.78, 5) is 39.9. The molecule has 2 aliphatic rings. The van der Waals surface area contributed by atoms with Crippen LogP contribution in [0.5, 0.6) is 11.5 Å². The van der Waals surface area contributed by atoms with Crippen LogP contribution in [0.4, 0.5) is 11.4 Å². The topological polar surface area (TPSA) is 75.7 Å². The van der Waals surface area contributed by atoms with Crippen LogP contribution in [0.25, 0.3) is 0 Å². The summed E-state index contributed by atoms with van der Waals surface area (Å²) in [6.45, 7) is 6.06. The summed E-state index contributed by atoms with van der Waals surface area (Å²) in [5.74, 6) is 0.312. The number of rotatable bonds is 5. The van der Waals surface area contributed by atoms with E-state index in [0.29, 0.717) is 35.5 Å². The molecule has 3 aromatic carbocycles. The molecule has 6 heteroatoms. The molecule has 1 heterocycles. The number of ether oxygens (including phenoxy) is 1. The van der Waals surface area contributed by atoms with E-state index in [1.54, 1.807) is 48.5 Å². The van der Waals surface area contributed by atoms with Gasteiger partial charge in [-0.2, -0.15) is 0 Å². The third-order valence-corrected chi connectivity index (χ3v) is 7.11. The fourth-order valence-corrected chi connectivity index (χ4v) is 4.83. The van der Waals surface area contributed by atoms with Crippen molar-refractivity contribution < 1.29 is 19.1 Å². The number of hydrogen-bond acceptors (Lipinski definition) is 4. The normalized spacial score (nSPS) is 19.1. The Morgan fingerprint density at radius 1 is 0.889 bits per heavy atom. The van der Waals surface area contributed by atoms with E-state index in [9.17, 15) is 14.4 Å². The molecule has 1 fully saturated rings. The van der Waals surface area contributed by atoms with Crippen molar-refractivity contribution in [2.45, 2.75) is 33.6 Å². The summed E-state index contributed by atoms with van der Waals surface area (Å²) in [6, 6.07) is 19.7. The molecule has 0 saturated carbocycles. The van der Waals surface area contributed by atoms with Crippen molar-refractivity contribution in [2.24, 2.45) is 11.8 Å². The van der Waals surface area contributed by atoms with E-state index >= 15 is 0 Å². The number of carbonyl (C=O) groups is 3. The zero-order chi connectivity index (χ0) is 25.4. The highest BCUT2D eigenvalue weighted by Gasteiger charge is 2.48. The van der Waals surface area contributed by atoms with Crippen molar-refractivity contribution in [3.05, 3.63) is 95.1 Å². The van der Waals surface area contributed by atoms with Gasteiger partial charge in [0.25, 0.3) is 5.91 Å². The van der Waals surface area contributed by atoms with E-state index in [1.807, 2.05) is 45.0 Å². The Labute approximate surface area is 210 Å². The largest absolute Gasteiger partial charge is 0.457 e. The molecule has 1 aliphatic carbocycles. The lowest BCUT2D eigenvalue weighted by Crippen LogP contribution is -2.30. The van der Waals surface area contributed by atoms with Gasteiger partial charge in [-0.15, -0.1) is 0 Å². The maximum Gasteiger partial charge on any atom is 0.255 e. The summed E-state index contributed by atoms with van der Waals surface area (Å²) in [6.07, 6.45) is 3.28. The smallest absolute Gasteiger partial charge is 0.255 e. The third-order valence-electron chi connectivity index (χ3n) is 7.11. The van der Waals surface area contributed by atoms with E-state index in [4.69, 9.17) is 4.74 Å². The Balaban J connectivity index is 1.24. The second-order valence-electron chi connectivity index (χ2n) is 9.54. The Bertz CT molecular complexity index is 1370. The molecule has 0 spiro atoms. The first-order valence-corrected chi connectivity index (χ1v) is 12.1. The van der Waals surface area contributed by atoms with Crippen molar-refractivity contribution in [1.82, 2.24) is 0 Å². The van der Waals surface area contributed by atoms with E-state index in [2.05, 4.69) is 5.32 Å². The van der Waals surface area contributed by atoms with E-state index < -0.39 is 0 Å². The number of imide groups is 1. The van der Waals surface area contributed by atoms with E-state index in [1.165, 1.54) is 4.90 Å². The van der Waals surface area contributed by atoms with E-state index in [0.717, 1.165) is 22.4 Å². The lowest BCUT2D eigenvalue weighted by atomic mass is 9.82. The first-order valence-electron chi connectivity index (χ1n) is 12.1. The molecule has 5 rings (SSSR count). The molecule has 3 amide bonds. The number of carbonyl (C=O) groups excluding carboxylic acids is 3. The van der Waals surface area contributed by atoms with Gasteiger partial charge in [-0.1, -0.05) is 23.8 Å². The SMILES string of the molecule is CC1=CC[C@@H]2C(=O)N(c3ccc(C(=O)Nc4ccc(Oc5cccc(C)c5C)cc4)cc3)C(=O)[C@@H]2C1. The Morgan fingerprint density at radius 3 is 2.31 bits per heavy atom. The van der Waals surface area contributed by atoms with E-state index in [-0.39, 0.29) is 29.6 Å². The maximum atomic E-state index is 12.9. The van der Waals surface area contributed by atoms with Gasteiger partial charge in [0.05, 0.1) is 17.5 Å². The van der Waals surface area contributed by atoms with Gasteiger partial charge < -0.3 is 10.1 Å². The summed E-state index contributed by atoms with van der Waals surface area (Å²) < 4.78 is 5.98. The second kappa shape index (κ2) is 9.46. The predicted molar refractivity (Wildman–Crippen MR) is 139 cm³/mol. The quantitative estimate of drug-likeness (QED) is 0.349. The van der Waals surface area contributed by atoms with Crippen molar-refractivity contribution >= 4 is 29.1 Å². The minimum absolute atomic E-state index is 0.155. The maximum absolute atomic E-state index is 12.9. The number of benzene rings is 3. The Hall–Kier alpha value is -4.19. The molecular weight excluding hydrogens is 452 g/mol. The van der Waals surface area contributed by atoms with Crippen molar-refractivity contribution in [3.63, 3.8) is 0 Å². The lowest BCUT2D eigenvalue weighted by Gasteiger charge is -2.18. The summed E-state index contributed by atoms with van der Waals surface area (Å²) >= 11 is 0. The zero-order valence-corrected chi connectivity index (χ0v) is 20.6. The molecule has 0 aromatic heterocycles. The molecule has 0 unspecified atom stereocenters. The molecule has 182 valence electrons. The van der Waals surface area contributed by atoms with Crippen LogP contribution in [0.1, 0.15) is 41.3 Å². The minimum atomic E-state index is -0.286. The lowest BCUT2D eigenvalue weighted by molar-refractivity contribution is -0.122. The number of nitrogens with one attached hydrogen (secondary N) is 1. The molecule has 2 atom stereocenters. The van der Waals surface area contributed by atoms with Crippen LogP contribution >= 0.6 is 0 Å². The van der Waals surface area contributed by atoms with Gasteiger partial charge in [-0.3, -0.25) is 19.3 Å². The van der Waals surface area contributed by atoms with Crippen LogP contribution in [-0.4, -0.2) is 17.7 Å². The van der Waals surface area contributed by atoms with Crippen LogP contribution in [0.15, 0.2) is 78.4 Å². The van der Waals surface area contributed by atoms with Crippen LogP contribution in [-0.2, 0) is 9.59 Å². The van der Waals surface area contributed by atoms with Gasteiger partial charge in [0.2, 0.25) is 11.8 Å². The Kier molecular flexibility index (Phi) is 6.18. The van der Waals surface area contributed by atoms with Gasteiger partial charge in [-0.05, 0) is 99.3 Å². The van der Waals surface area contributed by atoms with Crippen molar-refractivity contribution in [1.29, 1.82) is 0 Å². The highest BCUT2D eigenvalue weighted by Crippen LogP contribution is 2.39. The van der Waals surface area contributed by atoms with Gasteiger partial charge >= 0.3 is 0 Å². The van der Waals surface area contributed by atoms with Crippen molar-refractivity contribution in [3.8, 4) is 11.5 Å². The first kappa shape index (κ1) is 23.5. The molecular formula is C30H28N2O4. The molecule has 0 radical (unpaired) electrons. The zero-order valence-electron chi connectivity index (χ0n) is 20.6. The van der Waals surface area contributed by atoms with Gasteiger partial charge in [0, 0.05) is 11.3 Å². The number of anilines is 2. The highest BCUT2D eigenvalue weighted by atomic mass is 16.5. The van der Waals surface area contributed by atoms with Crippen LogP contribution < -0.4 is 15.0 Å². The fraction of sp³-hybridized carbons (Fsp3) is 0.233. The average Bonchev–Trinajstić information content (AvgIpc) is 3.12. The number of aryl methyl sites for hydroxylation is 1. The first-order chi connectivity index (χ1) is 17.3. The number of hydrogen-bond donors (Lipinski definition) is 1. The monoisotopic (exact) mass is 480 g/mol. The molecule has 36 heavy (non-hydrogen) atoms. The molecule has 6 nitrogen and oxygen atoms in total. The molecule has 3 aromatic rings. The number of allylic oxidation sites excluding steroid dienone is 2. The van der Waals surface area contributed by atoms with Crippen LogP contribution in [0, 0.1) is 25.7 Å². The average molecular weight is 481 g/mol. The second-order valence-corrected chi connectivity index (χ2v) is 9.54. The predicted octanol–water partition coefficient (Wildman–Crippen LogP) is 6.19. The van der Waals surface area contributed by atoms with Crippen LogP contribution in [0.2, 0.25) is 0 Å². The minimum Gasteiger partial charge on any atom is -0.457 e. The summed E-state index contributed by atoms with van der Waals surface area (Å²) in [7, 11) is 0. The number of amides is 3. The molecule has 1 saturated heterocycles. The van der Waals surface area contributed by atoms with Gasteiger partial charge in [-0.25, -0.2) is 0 Å². The number of nitrogens with zero attached hydrogens (tertiary/aromatic N) is 1. The highest BCUT2D eigenvalue weighted by molar-refractivity contribution is 6.22. The van der Waals surface area contributed by atoms with Gasteiger partial charge in [0.15, 0.2) is 0 Å². The third kappa shape index (κ3) is 4.42. The van der Waals surface area contributed by atoms with Crippen molar-refractivity contribution in [2.75, 3.05) is 10.2 Å². The molecule has 1 N–H and O–H groups in total. The van der Waals surface area contributed by atoms with Gasteiger partial charge in [0.1, 0.15) is 11.5 Å². The summed E-state index contributed by atoms with van der Waals surface area (Å²) in [5, 5.41) is 2.87.